The lowest BCUT2D eigenvalue weighted by molar-refractivity contribution is -0.131. The summed E-state index contributed by atoms with van der Waals surface area (Å²) in [5, 5.41) is 8.55. The molecule has 1 N–H and O–H groups in total. The molecule has 0 bridgehead atoms. The van der Waals surface area contributed by atoms with Gasteiger partial charge in [-0.15, -0.1) is 0 Å². The fourth-order valence-corrected chi connectivity index (χ4v) is 1.57. The molecule has 0 fully saturated rings. The number of methoxy groups -OCH3 is 1. The van der Waals surface area contributed by atoms with Crippen LogP contribution in [-0.4, -0.2) is 44.6 Å². The van der Waals surface area contributed by atoms with Crippen LogP contribution in [0.5, 0.6) is 0 Å². The molecule has 0 radical (unpaired) electrons. The maximum Gasteiger partial charge on any atom is 0.328 e. The van der Waals surface area contributed by atoms with E-state index in [1.807, 2.05) is 0 Å². The van der Waals surface area contributed by atoms with Crippen molar-refractivity contribution < 1.29 is 28.5 Å². The van der Waals surface area contributed by atoms with Crippen molar-refractivity contribution in [2.75, 3.05) is 33.5 Å². The van der Waals surface area contributed by atoms with Gasteiger partial charge in [-0.05, 0) is 35.4 Å². The summed E-state index contributed by atoms with van der Waals surface area (Å²) in [4.78, 5) is 10.4. The minimum Gasteiger partial charge on any atom is -0.478 e. The normalized spacial score (nSPS) is 11.1. The molecule has 0 aliphatic heterocycles. The second-order valence-electron chi connectivity index (χ2n) is 4.22. The quantitative estimate of drug-likeness (QED) is 0.529. The van der Waals surface area contributed by atoms with Gasteiger partial charge in [-0.1, -0.05) is 0 Å². The third-order valence-corrected chi connectivity index (χ3v) is 2.47. The van der Waals surface area contributed by atoms with Crippen LogP contribution < -0.4 is 0 Å². The maximum atomic E-state index is 13.4. The molecule has 0 unspecified atom stereocenters. The van der Waals surface area contributed by atoms with E-state index in [4.69, 9.17) is 19.3 Å². The van der Waals surface area contributed by atoms with Crippen molar-refractivity contribution in [2.45, 2.75) is 6.61 Å². The average Bonchev–Trinajstić information content (AvgIpc) is 2.44. The monoisotopic (exact) mass is 298 g/mol. The van der Waals surface area contributed by atoms with Crippen LogP contribution in [0.1, 0.15) is 11.1 Å². The summed E-state index contributed by atoms with van der Waals surface area (Å²) in [5.41, 5.74) is 1.12. The highest BCUT2D eigenvalue weighted by Gasteiger charge is 2.00. The Hall–Kier alpha value is -1.76. The van der Waals surface area contributed by atoms with Crippen molar-refractivity contribution >= 4 is 12.0 Å². The molecular formula is C15H19FO5. The Morgan fingerprint density at radius 1 is 1.19 bits per heavy atom. The predicted octanol–water partition coefficient (Wildman–Crippen LogP) is 2.10. The van der Waals surface area contributed by atoms with E-state index < -0.39 is 11.8 Å². The Morgan fingerprint density at radius 2 is 1.90 bits per heavy atom. The van der Waals surface area contributed by atoms with Crippen LogP contribution in [0.15, 0.2) is 24.3 Å². The molecule has 0 aliphatic rings. The lowest BCUT2D eigenvalue weighted by atomic mass is 10.1. The topological polar surface area (TPSA) is 65.0 Å². The zero-order valence-electron chi connectivity index (χ0n) is 11.9. The zero-order chi connectivity index (χ0) is 15.5. The van der Waals surface area contributed by atoms with Crippen molar-refractivity contribution in [3.8, 4) is 0 Å². The lowest BCUT2D eigenvalue weighted by Crippen LogP contribution is -2.08. The van der Waals surface area contributed by atoms with Gasteiger partial charge in [-0.2, -0.15) is 0 Å². The second kappa shape index (κ2) is 10.0. The molecule has 1 rings (SSSR count). The van der Waals surface area contributed by atoms with Gasteiger partial charge in [0.05, 0.1) is 33.0 Å². The molecule has 1 aromatic rings. The zero-order valence-corrected chi connectivity index (χ0v) is 11.9. The fourth-order valence-electron chi connectivity index (χ4n) is 1.57. The highest BCUT2D eigenvalue weighted by Crippen LogP contribution is 2.12. The summed E-state index contributed by atoms with van der Waals surface area (Å²) in [6, 6.07) is 4.29. The SMILES string of the molecule is COCCOCCOCc1cc(F)cc(/C=C/C(=O)O)c1. The van der Waals surface area contributed by atoms with Gasteiger partial charge in [-0.3, -0.25) is 0 Å². The molecular weight excluding hydrogens is 279 g/mol. The second-order valence-corrected chi connectivity index (χ2v) is 4.22. The summed E-state index contributed by atoms with van der Waals surface area (Å²) in [6.45, 7) is 2.09. The molecule has 0 saturated heterocycles. The highest BCUT2D eigenvalue weighted by molar-refractivity contribution is 5.85. The number of carbonyl (C=O) groups is 1. The number of hydrogen-bond acceptors (Lipinski definition) is 4. The minimum absolute atomic E-state index is 0.235. The van der Waals surface area contributed by atoms with Gasteiger partial charge in [-0.25, -0.2) is 9.18 Å². The standard InChI is InChI=1S/C15H19FO5/c1-19-4-5-20-6-7-21-11-13-8-12(2-3-15(17)18)9-14(16)10-13/h2-3,8-10H,4-7,11H2,1H3,(H,17,18)/b3-2+. The number of benzene rings is 1. The molecule has 6 heteroatoms. The number of carboxylic acids is 1. The molecule has 0 aromatic heterocycles. The van der Waals surface area contributed by atoms with E-state index >= 15 is 0 Å². The summed E-state index contributed by atoms with van der Waals surface area (Å²) in [6.07, 6.45) is 2.30. The smallest absolute Gasteiger partial charge is 0.328 e. The third kappa shape index (κ3) is 8.19. The molecule has 0 spiro atoms. The first-order chi connectivity index (χ1) is 10.1. The Labute approximate surface area is 122 Å². The van der Waals surface area contributed by atoms with Gasteiger partial charge in [0.2, 0.25) is 0 Å². The van der Waals surface area contributed by atoms with E-state index in [0.717, 1.165) is 6.08 Å². The van der Waals surface area contributed by atoms with E-state index in [1.165, 1.54) is 18.2 Å². The van der Waals surface area contributed by atoms with Crippen molar-refractivity contribution in [3.05, 3.63) is 41.2 Å². The predicted molar refractivity (Wildman–Crippen MR) is 75.4 cm³/mol. The molecule has 5 nitrogen and oxygen atoms in total. The molecule has 0 heterocycles. The van der Waals surface area contributed by atoms with E-state index in [1.54, 1.807) is 13.2 Å². The molecule has 1 aromatic carbocycles. The summed E-state index contributed by atoms with van der Waals surface area (Å²) in [5.74, 6) is -1.51. The fraction of sp³-hybridized carbons (Fsp3) is 0.400. The third-order valence-electron chi connectivity index (χ3n) is 2.47. The van der Waals surface area contributed by atoms with Crippen molar-refractivity contribution in [1.29, 1.82) is 0 Å². The molecule has 0 atom stereocenters. The largest absolute Gasteiger partial charge is 0.478 e. The Balaban J connectivity index is 2.39. The Kier molecular flexibility index (Phi) is 8.27. The number of ether oxygens (including phenoxy) is 3. The summed E-state index contributed by atoms with van der Waals surface area (Å²) < 4.78 is 28.8. The number of aliphatic carboxylic acids is 1. The highest BCUT2D eigenvalue weighted by atomic mass is 19.1. The van der Waals surface area contributed by atoms with Crippen LogP contribution in [-0.2, 0) is 25.6 Å². The first kappa shape index (κ1) is 17.3. The number of hydrogen-bond donors (Lipinski definition) is 1. The Bertz CT molecular complexity index is 473. The van der Waals surface area contributed by atoms with Crippen LogP contribution in [0.2, 0.25) is 0 Å². The van der Waals surface area contributed by atoms with Crippen molar-refractivity contribution in [3.63, 3.8) is 0 Å². The molecule has 21 heavy (non-hydrogen) atoms. The van der Waals surface area contributed by atoms with Crippen LogP contribution >= 0.6 is 0 Å². The van der Waals surface area contributed by atoms with E-state index in [-0.39, 0.29) is 6.61 Å². The van der Waals surface area contributed by atoms with E-state index in [9.17, 15) is 9.18 Å². The number of carboxylic acid groups (broad SMARTS) is 1. The van der Waals surface area contributed by atoms with Gasteiger partial charge < -0.3 is 19.3 Å². The van der Waals surface area contributed by atoms with Gasteiger partial charge in [0.15, 0.2) is 0 Å². The van der Waals surface area contributed by atoms with Crippen LogP contribution in [0.25, 0.3) is 6.08 Å². The van der Waals surface area contributed by atoms with Crippen molar-refractivity contribution in [1.82, 2.24) is 0 Å². The van der Waals surface area contributed by atoms with Crippen molar-refractivity contribution in [2.24, 2.45) is 0 Å². The molecule has 0 aliphatic carbocycles. The molecule has 0 amide bonds. The van der Waals surface area contributed by atoms with Crippen LogP contribution in [0, 0.1) is 5.82 Å². The molecule has 0 saturated carbocycles. The van der Waals surface area contributed by atoms with Gasteiger partial charge >= 0.3 is 5.97 Å². The van der Waals surface area contributed by atoms with Crippen LogP contribution in [0.3, 0.4) is 0 Å². The van der Waals surface area contributed by atoms with Gasteiger partial charge in [0.1, 0.15) is 5.82 Å². The lowest BCUT2D eigenvalue weighted by Gasteiger charge is -2.07. The first-order valence-electron chi connectivity index (χ1n) is 6.46. The number of halogens is 1. The van der Waals surface area contributed by atoms with Gasteiger partial charge in [0.25, 0.3) is 0 Å². The Morgan fingerprint density at radius 3 is 2.62 bits per heavy atom. The molecule has 116 valence electrons. The van der Waals surface area contributed by atoms with Crippen LogP contribution in [0.4, 0.5) is 4.39 Å². The van der Waals surface area contributed by atoms with Gasteiger partial charge in [0, 0.05) is 13.2 Å². The van der Waals surface area contributed by atoms with E-state index in [2.05, 4.69) is 0 Å². The first-order valence-corrected chi connectivity index (χ1v) is 6.46. The van der Waals surface area contributed by atoms with E-state index in [0.29, 0.717) is 37.6 Å². The maximum absolute atomic E-state index is 13.4. The minimum atomic E-state index is -1.08. The summed E-state index contributed by atoms with van der Waals surface area (Å²) >= 11 is 0. The number of rotatable bonds is 10. The summed E-state index contributed by atoms with van der Waals surface area (Å²) in [7, 11) is 1.60. The average molecular weight is 298 g/mol.